The molecule has 1 aliphatic rings. The predicted molar refractivity (Wildman–Crippen MR) is 115 cm³/mol. The van der Waals surface area contributed by atoms with Crippen LogP contribution in [-0.2, 0) is 19.1 Å². The van der Waals surface area contributed by atoms with Crippen molar-refractivity contribution in [1.29, 1.82) is 0 Å². The Morgan fingerprint density at radius 1 is 0.931 bits per heavy atom. The fraction of sp³-hybridized carbons (Fsp3) is 0.545. The van der Waals surface area contributed by atoms with Crippen LogP contribution < -0.4 is 10.7 Å². The number of furan rings is 1. The van der Waals surface area contributed by atoms with Crippen molar-refractivity contribution in [1.82, 2.24) is 5.32 Å². The summed E-state index contributed by atoms with van der Waals surface area (Å²) < 4.78 is 17.2. The van der Waals surface area contributed by atoms with Crippen LogP contribution in [0.4, 0.5) is 0 Å². The van der Waals surface area contributed by atoms with Gasteiger partial charge in [-0.2, -0.15) is 0 Å². The molecule has 0 unspecified atom stereocenters. The topological polar surface area (TPSA) is 77.8 Å². The molecule has 1 aliphatic heterocycles. The largest absolute Gasteiger partial charge is 0.470 e. The highest BCUT2D eigenvalue weighted by Crippen LogP contribution is 2.39. The number of dihydropyridines is 1. The van der Waals surface area contributed by atoms with Gasteiger partial charge in [-0.05, 0) is 53.7 Å². The number of ether oxygens (including phenoxy) is 2. The predicted octanol–water partition coefficient (Wildman–Crippen LogP) is 3.96. The van der Waals surface area contributed by atoms with E-state index in [0.717, 1.165) is 5.38 Å². The lowest BCUT2D eigenvalue weighted by atomic mass is 9.83. The van der Waals surface area contributed by atoms with Crippen molar-refractivity contribution in [3.63, 3.8) is 0 Å². The molecule has 0 aromatic carbocycles. The van der Waals surface area contributed by atoms with Crippen LogP contribution in [0.2, 0.25) is 19.6 Å². The summed E-state index contributed by atoms with van der Waals surface area (Å²) in [5.74, 6) is -1.07. The lowest BCUT2D eigenvalue weighted by Gasteiger charge is -2.30. The van der Waals surface area contributed by atoms with Gasteiger partial charge in [-0.1, -0.05) is 19.6 Å². The number of hydrogen-bond donors (Lipinski definition) is 1. The van der Waals surface area contributed by atoms with E-state index in [1.54, 1.807) is 41.5 Å². The number of carbonyl (C=O) groups excluding carboxylic acids is 2. The molecule has 0 aliphatic carbocycles. The third-order valence-corrected chi connectivity index (χ3v) is 6.28. The Kier molecular flexibility index (Phi) is 6.83. The van der Waals surface area contributed by atoms with Crippen LogP contribution in [0, 0.1) is 0 Å². The maximum absolute atomic E-state index is 13.0. The molecule has 2 heterocycles. The van der Waals surface area contributed by atoms with Crippen LogP contribution in [0.5, 0.6) is 0 Å². The minimum Gasteiger partial charge on any atom is -0.470 e. The molecule has 7 heteroatoms. The number of esters is 2. The van der Waals surface area contributed by atoms with Gasteiger partial charge in [0.2, 0.25) is 0 Å². The second-order valence-electron chi connectivity index (χ2n) is 9.00. The molecule has 0 atom stereocenters. The molecule has 0 radical (unpaired) electrons. The first-order valence-corrected chi connectivity index (χ1v) is 13.5. The number of hydrogen-bond acceptors (Lipinski definition) is 6. The molecule has 29 heavy (non-hydrogen) atoms. The number of carbonyl (C=O) groups is 2. The van der Waals surface area contributed by atoms with Crippen LogP contribution in [-0.4, -0.2) is 32.2 Å². The lowest BCUT2D eigenvalue weighted by Crippen LogP contribution is -2.36. The van der Waals surface area contributed by atoms with E-state index in [9.17, 15) is 9.59 Å². The van der Waals surface area contributed by atoms with E-state index in [2.05, 4.69) is 25.0 Å². The van der Waals surface area contributed by atoms with Gasteiger partial charge in [0.1, 0.15) is 13.8 Å². The maximum atomic E-state index is 13.0. The Morgan fingerprint density at radius 3 is 1.72 bits per heavy atom. The van der Waals surface area contributed by atoms with Crippen molar-refractivity contribution >= 4 is 25.4 Å². The van der Waals surface area contributed by atoms with Gasteiger partial charge in [0.15, 0.2) is 0 Å². The summed E-state index contributed by atoms with van der Waals surface area (Å²) in [6, 6.07) is 3.81. The van der Waals surface area contributed by atoms with Gasteiger partial charge in [0.25, 0.3) is 0 Å². The van der Waals surface area contributed by atoms with E-state index < -0.39 is 25.9 Å². The molecule has 6 nitrogen and oxygen atoms in total. The van der Waals surface area contributed by atoms with E-state index in [0.29, 0.717) is 28.3 Å². The molecular formula is C22H33NO5Si. The van der Waals surface area contributed by atoms with Gasteiger partial charge in [0.05, 0.1) is 34.7 Å². The molecule has 2 rings (SSSR count). The number of rotatable bonds is 6. The van der Waals surface area contributed by atoms with E-state index >= 15 is 0 Å². The molecule has 1 N–H and O–H groups in total. The molecule has 0 spiro atoms. The fourth-order valence-electron chi connectivity index (χ4n) is 3.29. The molecule has 0 fully saturated rings. The van der Waals surface area contributed by atoms with Crippen LogP contribution in [0.3, 0.4) is 0 Å². The van der Waals surface area contributed by atoms with Crippen molar-refractivity contribution in [2.75, 3.05) is 0 Å². The molecule has 1 aromatic heterocycles. The summed E-state index contributed by atoms with van der Waals surface area (Å²) in [6.07, 6.45) is -0.564. The highest BCUT2D eigenvalue weighted by atomic mass is 28.3. The SMILES string of the molecule is CC1=C(C(=O)OC(C)C)C(c2ccc([Si](C)(C)C)o2)C(C(=O)OC(C)C)=C(C)N1. The molecular weight excluding hydrogens is 386 g/mol. The van der Waals surface area contributed by atoms with Crippen LogP contribution in [0.1, 0.15) is 53.2 Å². The van der Waals surface area contributed by atoms with Crippen LogP contribution >= 0.6 is 0 Å². The van der Waals surface area contributed by atoms with Crippen LogP contribution in [0.15, 0.2) is 39.1 Å². The second-order valence-corrected chi connectivity index (χ2v) is 14.0. The Balaban J connectivity index is 2.63. The van der Waals surface area contributed by atoms with Crippen molar-refractivity contribution < 1.29 is 23.5 Å². The average Bonchev–Trinajstić information content (AvgIpc) is 3.02. The molecule has 0 saturated carbocycles. The van der Waals surface area contributed by atoms with Crippen molar-refractivity contribution in [3.8, 4) is 0 Å². The summed E-state index contributed by atoms with van der Waals surface area (Å²) in [7, 11) is -1.71. The maximum Gasteiger partial charge on any atom is 0.337 e. The smallest absolute Gasteiger partial charge is 0.337 e. The van der Waals surface area contributed by atoms with Crippen LogP contribution in [0.25, 0.3) is 0 Å². The minimum absolute atomic E-state index is 0.282. The third-order valence-electron chi connectivity index (χ3n) is 4.54. The molecule has 160 valence electrons. The van der Waals surface area contributed by atoms with Gasteiger partial charge in [-0.15, -0.1) is 0 Å². The normalized spacial score (nSPS) is 15.8. The van der Waals surface area contributed by atoms with Gasteiger partial charge in [-0.3, -0.25) is 0 Å². The monoisotopic (exact) mass is 419 g/mol. The highest BCUT2D eigenvalue weighted by Gasteiger charge is 2.40. The van der Waals surface area contributed by atoms with Crippen molar-refractivity contribution in [2.24, 2.45) is 0 Å². The van der Waals surface area contributed by atoms with E-state index in [1.165, 1.54) is 0 Å². The second kappa shape index (κ2) is 8.61. The summed E-state index contributed by atoms with van der Waals surface area (Å²) >= 11 is 0. The average molecular weight is 420 g/mol. The first-order chi connectivity index (χ1) is 13.3. The van der Waals surface area contributed by atoms with Gasteiger partial charge in [-0.25, -0.2) is 9.59 Å². The van der Waals surface area contributed by atoms with Crippen molar-refractivity contribution in [2.45, 2.75) is 79.3 Å². The lowest BCUT2D eigenvalue weighted by molar-refractivity contribution is -0.143. The molecule has 0 saturated heterocycles. The minimum atomic E-state index is -1.71. The first kappa shape index (κ1) is 23.0. The zero-order valence-electron chi connectivity index (χ0n) is 18.9. The van der Waals surface area contributed by atoms with E-state index in [-0.39, 0.29) is 12.2 Å². The number of allylic oxidation sites excluding steroid dienone is 2. The Bertz CT molecular complexity index is 811. The van der Waals surface area contributed by atoms with Gasteiger partial charge >= 0.3 is 11.9 Å². The summed E-state index contributed by atoms with van der Waals surface area (Å²) in [4.78, 5) is 26.0. The Morgan fingerprint density at radius 2 is 1.38 bits per heavy atom. The molecule has 0 amide bonds. The molecule has 1 aromatic rings. The zero-order chi connectivity index (χ0) is 22.1. The Hall–Kier alpha value is -2.28. The third kappa shape index (κ3) is 5.21. The first-order valence-electron chi connectivity index (χ1n) is 10.0. The quantitative estimate of drug-likeness (QED) is 0.555. The fourth-order valence-corrected chi connectivity index (χ4v) is 4.29. The standard InChI is InChI=1S/C22H33NO5Si/c1-12(2)26-21(24)18-14(5)23-15(6)19(22(25)27-13(3)4)20(18)16-10-11-17(28-16)29(7,8)9/h10-13,20,23H,1-9H3. The van der Waals surface area contributed by atoms with Gasteiger partial charge < -0.3 is 19.2 Å². The zero-order valence-corrected chi connectivity index (χ0v) is 19.9. The summed E-state index contributed by atoms with van der Waals surface area (Å²) in [5, 5.41) is 4.06. The van der Waals surface area contributed by atoms with E-state index in [4.69, 9.17) is 13.9 Å². The van der Waals surface area contributed by atoms with Crippen molar-refractivity contribution in [3.05, 3.63) is 40.4 Å². The Labute approximate surface area is 174 Å². The number of nitrogens with one attached hydrogen (secondary N) is 1. The molecule has 0 bridgehead atoms. The van der Waals surface area contributed by atoms with E-state index in [1.807, 2.05) is 12.1 Å². The summed E-state index contributed by atoms with van der Waals surface area (Å²) in [6.45, 7) is 17.3. The highest BCUT2D eigenvalue weighted by molar-refractivity contribution is 6.87. The summed E-state index contributed by atoms with van der Waals surface area (Å²) in [5.41, 5.74) is 2.03. The van der Waals surface area contributed by atoms with Gasteiger partial charge in [0, 0.05) is 11.4 Å².